The summed E-state index contributed by atoms with van der Waals surface area (Å²) < 4.78 is 0. The molecule has 2 heterocycles. The van der Waals surface area contributed by atoms with Crippen LogP contribution in [-0.2, 0) is 0 Å². The Morgan fingerprint density at radius 2 is 2.12 bits per heavy atom. The summed E-state index contributed by atoms with van der Waals surface area (Å²) >= 11 is 0. The Balaban J connectivity index is 1.84. The summed E-state index contributed by atoms with van der Waals surface area (Å²) in [6.07, 6.45) is 4.25. The standard InChI is InChI=1S/C12H22N4/c1-12(2,3)8-15-5-4-11(14-9-15)16-6-10(13)7-16/h4-5,10H,6-9,13H2,1-3H3. The molecule has 0 aromatic heterocycles. The van der Waals surface area contributed by atoms with Gasteiger partial charge >= 0.3 is 0 Å². The maximum atomic E-state index is 5.75. The summed E-state index contributed by atoms with van der Waals surface area (Å²) in [4.78, 5) is 9.06. The molecule has 4 heteroatoms. The Morgan fingerprint density at radius 1 is 1.44 bits per heavy atom. The Kier molecular flexibility index (Phi) is 2.93. The van der Waals surface area contributed by atoms with Crippen LogP contribution in [0.3, 0.4) is 0 Å². The first-order chi connectivity index (χ1) is 7.44. The van der Waals surface area contributed by atoms with Crippen LogP contribution in [0.15, 0.2) is 17.3 Å². The van der Waals surface area contributed by atoms with Crippen LogP contribution in [0.2, 0.25) is 0 Å². The average Bonchev–Trinajstić information content (AvgIpc) is 2.12. The monoisotopic (exact) mass is 222 g/mol. The van der Waals surface area contributed by atoms with E-state index in [1.54, 1.807) is 0 Å². The molecule has 2 aliphatic heterocycles. The first-order valence-corrected chi connectivity index (χ1v) is 5.91. The first-order valence-electron chi connectivity index (χ1n) is 5.91. The van der Waals surface area contributed by atoms with Crippen molar-refractivity contribution in [1.29, 1.82) is 0 Å². The molecule has 16 heavy (non-hydrogen) atoms. The van der Waals surface area contributed by atoms with Crippen molar-refractivity contribution in [3.63, 3.8) is 0 Å². The number of rotatable bonds is 1. The quantitative estimate of drug-likeness (QED) is 0.716. The van der Waals surface area contributed by atoms with Crippen LogP contribution < -0.4 is 5.73 Å². The van der Waals surface area contributed by atoms with E-state index in [-0.39, 0.29) is 0 Å². The maximum Gasteiger partial charge on any atom is 0.127 e. The highest BCUT2D eigenvalue weighted by Crippen LogP contribution is 2.17. The van der Waals surface area contributed by atoms with Gasteiger partial charge < -0.3 is 15.5 Å². The van der Waals surface area contributed by atoms with E-state index in [4.69, 9.17) is 5.73 Å². The summed E-state index contributed by atoms with van der Waals surface area (Å²) in [6.45, 7) is 10.4. The van der Waals surface area contributed by atoms with Crippen molar-refractivity contribution in [2.75, 3.05) is 26.3 Å². The Labute approximate surface area is 97.8 Å². The van der Waals surface area contributed by atoms with Crippen molar-refractivity contribution >= 4 is 5.84 Å². The van der Waals surface area contributed by atoms with Crippen LogP contribution in [-0.4, -0.2) is 48.0 Å². The molecule has 0 aromatic rings. The predicted molar refractivity (Wildman–Crippen MR) is 67.2 cm³/mol. The molecule has 0 saturated carbocycles. The van der Waals surface area contributed by atoms with Crippen molar-refractivity contribution < 1.29 is 0 Å². The van der Waals surface area contributed by atoms with Gasteiger partial charge in [0.2, 0.25) is 0 Å². The average molecular weight is 222 g/mol. The van der Waals surface area contributed by atoms with Crippen LogP contribution >= 0.6 is 0 Å². The van der Waals surface area contributed by atoms with Crippen molar-refractivity contribution in [3.05, 3.63) is 12.3 Å². The molecule has 0 unspecified atom stereocenters. The molecule has 0 aromatic carbocycles. The molecule has 0 atom stereocenters. The van der Waals surface area contributed by atoms with Crippen LogP contribution in [0.1, 0.15) is 20.8 Å². The molecule has 0 bridgehead atoms. The minimum absolute atomic E-state index is 0.316. The second kappa shape index (κ2) is 4.09. The highest BCUT2D eigenvalue weighted by Gasteiger charge is 2.26. The van der Waals surface area contributed by atoms with E-state index in [9.17, 15) is 0 Å². The van der Waals surface area contributed by atoms with Gasteiger partial charge in [-0.25, -0.2) is 4.99 Å². The van der Waals surface area contributed by atoms with Crippen molar-refractivity contribution in [2.45, 2.75) is 26.8 Å². The number of nitrogens with two attached hydrogens (primary N) is 1. The normalized spacial score (nSPS) is 22.1. The summed E-state index contributed by atoms with van der Waals surface area (Å²) in [5.41, 5.74) is 6.07. The SMILES string of the molecule is CC(C)(C)CN1C=CC(N2CC(N)C2)=NC1. The fraction of sp³-hybridized carbons (Fsp3) is 0.750. The zero-order chi connectivity index (χ0) is 11.8. The van der Waals surface area contributed by atoms with Crippen molar-refractivity contribution in [2.24, 2.45) is 16.1 Å². The van der Waals surface area contributed by atoms with Gasteiger partial charge in [0.1, 0.15) is 12.5 Å². The molecule has 2 aliphatic rings. The molecule has 2 rings (SSSR count). The van der Waals surface area contributed by atoms with Crippen LogP contribution in [0.5, 0.6) is 0 Å². The third-order valence-electron chi connectivity index (χ3n) is 2.76. The smallest absolute Gasteiger partial charge is 0.127 e. The van der Waals surface area contributed by atoms with E-state index in [0.717, 1.165) is 32.1 Å². The van der Waals surface area contributed by atoms with Gasteiger partial charge in [0.25, 0.3) is 0 Å². The van der Waals surface area contributed by atoms with Gasteiger partial charge in [0.05, 0.1) is 0 Å². The van der Waals surface area contributed by atoms with Gasteiger partial charge in [-0.1, -0.05) is 20.8 Å². The van der Waals surface area contributed by atoms with Crippen LogP contribution in [0.4, 0.5) is 0 Å². The lowest BCUT2D eigenvalue weighted by Gasteiger charge is -2.40. The molecular formula is C12H22N4. The summed E-state index contributed by atoms with van der Waals surface area (Å²) in [5.74, 6) is 1.09. The molecule has 0 spiro atoms. The van der Waals surface area contributed by atoms with E-state index < -0.39 is 0 Å². The number of hydrogen-bond acceptors (Lipinski definition) is 4. The highest BCUT2D eigenvalue weighted by molar-refractivity contribution is 5.94. The zero-order valence-electron chi connectivity index (χ0n) is 10.5. The number of hydrogen-bond donors (Lipinski definition) is 1. The van der Waals surface area contributed by atoms with Gasteiger partial charge in [-0.2, -0.15) is 0 Å². The lowest BCUT2D eigenvalue weighted by atomic mass is 9.96. The molecule has 4 nitrogen and oxygen atoms in total. The van der Waals surface area contributed by atoms with Gasteiger partial charge in [0, 0.05) is 31.9 Å². The second-order valence-electron chi connectivity index (χ2n) is 5.95. The van der Waals surface area contributed by atoms with E-state index >= 15 is 0 Å². The van der Waals surface area contributed by atoms with Gasteiger partial charge in [-0.3, -0.25) is 0 Å². The molecule has 1 saturated heterocycles. The minimum Gasteiger partial charge on any atom is -0.358 e. The third kappa shape index (κ3) is 2.76. The first kappa shape index (κ1) is 11.5. The minimum atomic E-state index is 0.316. The maximum absolute atomic E-state index is 5.75. The number of aliphatic imine (C=N–C) groups is 1. The lowest BCUT2D eigenvalue weighted by Crippen LogP contribution is -2.58. The van der Waals surface area contributed by atoms with Crippen LogP contribution in [0.25, 0.3) is 0 Å². The zero-order valence-corrected chi connectivity index (χ0v) is 10.5. The summed E-state index contributed by atoms with van der Waals surface area (Å²) in [6, 6.07) is 0.337. The number of amidine groups is 1. The Bertz CT molecular complexity index is 307. The topological polar surface area (TPSA) is 44.9 Å². The largest absolute Gasteiger partial charge is 0.358 e. The fourth-order valence-corrected chi connectivity index (χ4v) is 2.05. The molecule has 2 N–H and O–H groups in total. The number of likely N-dealkylation sites (tertiary alicyclic amines) is 1. The predicted octanol–water partition coefficient (Wildman–Crippen LogP) is 0.861. The van der Waals surface area contributed by atoms with E-state index in [0.29, 0.717) is 11.5 Å². The Hall–Kier alpha value is -1.03. The molecule has 0 amide bonds. The van der Waals surface area contributed by atoms with Crippen molar-refractivity contribution in [1.82, 2.24) is 9.80 Å². The third-order valence-corrected chi connectivity index (χ3v) is 2.76. The molecule has 0 aliphatic carbocycles. The summed E-state index contributed by atoms with van der Waals surface area (Å²) in [7, 11) is 0. The molecule has 0 radical (unpaired) electrons. The molecule has 90 valence electrons. The van der Waals surface area contributed by atoms with E-state index in [2.05, 4.69) is 47.8 Å². The fourth-order valence-electron chi connectivity index (χ4n) is 2.05. The summed E-state index contributed by atoms with van der Waals surface area (Å²) in [5, 5.41) is 0. The Morgan fingerprint density at radius 3 is 2.56 bits per heavy atom. The van der Waals surface area contributed by atoms with Crippen LogP contribution in [0, 0.1) is 5.41 Å². The number of nitrogens with zero attached hydrogens (tertiary/aromatic N) is 3. The van der Waals surface area contributed by atoms with E-state index in [1.165, 1.54) is 0 Å². The lowest BCUT2D eigenvalue weighted by molar-refractivity contribution is 0.236. The molecule has 1 fully saturated rings. The van der Waals surface area contributed by atoms with Gasteiger partial charge in [-0.15, -0.1) is 0 Å². The molecular weight excluding hydrogens is 200 g/mol. The van der Waals surface area contributed by atoms with Crippen molar-refractivity contribution in [3.8, 4) is 0 Å². The van der Waals surface area contributed by atoms with Gasteiger partial charge in [-0.05, 0) is 11.5 Å². The van der Waals surface area contributed by atoms with Gasteiger partial charge in [0.15, 0.2) is 0 Å². The second-order valence-corrected chi connectivity index (χ2v) is 5.95. The van der Waals surface area contributed by atoms with E-state index in [1.807, 2.05) is 0 Å². The highest BCUT2D eigenvalue weighted by atomic mass is 15.3.